The van der Waals surface area contributed by atoms with E-state index in [0.29, 0.717) is 22.8 Å². The lowest BCUT2D eigenvalue weighted by Crippen LogP contribution is -2.31. The number of halogens is 2. The Bertz CT molecular complexity index is 1080. The molecule has 0 bridgehead atoms. The molecule has 1 N–H and O–H groups in total. The van der Waals surface area contributed by atoms with Crippen LogP contribution in [0.4, 0.5) is 10.1 Å². The number of carbonyl (C=O) groups is 1. The highest BCUT2D eigenvalue weighted by molar-refractivity contribution is 8.00. The number of ether oxygens (including phenoxy) is 2. The average Bonchev–Trinajstić information content (AvgIpc) is 3.26. The number of aromatic nitrogens is 2. The molecule has 2 aliphatic heterocycles. The number of aliphatic hydroxyl groups is 1. The van der Waals surface area contributed by atoms with Gasteiger partial charge in [0.2, 0.25) is 4.80 Å². The van der Waals surface area contributed by atoms with Crippen molar-refractivity contribution in [3.05, 3.63) is 37.4 Å². The zero-order valence-corrected chi connectivity index (χ0v) is 18.1. The Morgan fingerprint density at radius 1 is 1.37 bits per heavy atom. The Hall–Kier alpha value is -1.66. The van der Waals surface area contributed by atoms with Gasteiger partial charge in [0.15, 0.2) is 6.10 Å². The topological polar surface area (TPSA) is 95.1 Å². The molecule has 1 aromatic carbocycles. The van der Waals surface area contributed by atoms with Gasteiger partial charge in [-0.1, -0.05) is 11.6 Å². The van der Waals surface area contributed by atoms with Crippen molar-refractivity contribution in [2.75, 3.05) is 19.0 Å². The fourth-order valence-electron chi connectivity index (χ4n) is 3.21. The number of hydrogen-bond donors (Lipinski definition) is 1. The summed E-state index contributed by atoms with van der Waals surface area (Å²) in [4.78, 5) is 29.3. The van der Waals surface area contributed by atoms with E-state index in [1.54, 1.807) is 9.36 Å². The molecular weight excluding hydrogens is 457 g/mol. The van der Waals surface area contributed by atoms with Crippen LogP contribution in [0.3, 0.4) is 0 Å². The molecule has 1 fully saturated rings. The largest absolute Gasteiger partial charge is 0.456 e. The van der Waals surface area contributed by atoms with Gasteiger partial charge in [0, 0.05) is 18.0 Å². The van der Waals surface area contributed by atoms with Crippen molar-refractivity contribution in [2.24, 2.45) is 4.99 Å². The van der Waals surface area contributed by atoms with Crippen LogP contribution in [0.15, 0.2) is 26.8 Å². The molecule has 12 heteroatoms. The van der Waals surface area contributed by atoms with Gasteiger partial charge in [0.05, 0.1) is 24.0 Å². The molecule has 2 unspecified atom stereocenters. The summed E-state index contributed by atoms with van der Waals surface area (Å²) in [7, 11) is 0. The highest BCUT2D eigenvalue weighted by Crippen LogP contribution is 2.33. The molecule has 1 aromatic heterocycles. The Morgan fingerprint density at radius 3 is 2.87 bits per heavy atom. The van der Waals surface area contributed by atoms with Gasteiger partial charge in [0.1, 0.15) is 17.6 Å². The minimum absolute atomic E-state index is 0.0394. The van der Waals surface area contributed by atoms with Gasteiger partial charge in [-0.05, 0) is 36.3 Å². The highest BCUT2D eigenvalue weighted by Gasteiger charge is 2.29. The van der Waals surface area contributed by atoms with Crippen molar-refractivity contribution in [3.8, 4) is 0 Å². The van der Waals surface area contributed by atoms with Crippen LogP contribution < -0.4 is 9.67 Å². The number of thioether (sulfide) groups is 1. The summed E-state index contributed by atoms with van der Waals surface area (Å²) in [5, 5.41) is 9.80. The van der Waals surface area contributed by atoms with E-state index in [-0.39, 0.29) is 34.5 Å². The van der Waals surface area contributed by atoms with Gasteiger partial charge in [-0.25, -0.2) is 14.1 Å². The van der Waals surface area contributed by atoms with Crippen LogP contribution in [0, 0.1) is 5.82 Å². The van der Waals surface area contributed by atoms with Crippen LogP contribution in [0.1, 0.15) is 12.8 Å². The summed E-state index contributed by atoms with van der Waals surface area (Å²) in [6.07, 6.45) is 0.327. The maximum Gasteiger partial charge on any atom is 0.325 e. The molecule has 8 nitrogen and oxygen atoms in total. The lowest BCUT2D eigenvalue weighted by atomic mass is 10.3. The number of benzene rings is 1. The van der Waals surface area contributed by atoms with Crippen molar-refractivity contribution in [1.82, 2.24) is 9.36 Å². The summed E-state index contributed by atoms with van der Waals surface area (Å²) in [6, 6.07) is 2.59. The minimum Gasteiger partial charge on any atom is -0.456 e. The molecule has 2 aliphatic rings. The van der Waals surface area contributed by atoms with Gasteiger partial charge in [-0.3, -0.25) is 14.3 Å². The third-order valence-corrected chi connectivity index (χ3v) is 7.06. The Balaban J connectivity index is 1.53. The van der Waals surface area contributed by atoms with Crippen molar-refractivity contribution >= 4 is 46.4 Å². The van der Waals surface area contributed by atoms with E-state index in [4.69, 9.17) is 21.1 Å². The lowest BCUT2D eigenvalue weighted by molar-refractivity contribution is -0.149. The molecular formula is C18H19ClFN3O5S2. The average molecular weight is 476 g/mol. The van der Waals surface area contributed by atoms with Crippen molar-refractivity contribution in [3.63, 3.8) is 0 Å². The first kappa shape index (κ1) is 21.6. The predicted molar refractivity (Wildman–Crippen MR) is 110 cm³/mol. The third kappa shape index (κ3) is 4.65. The molecule has 0 spiro atoms. The number of carbonyl (C=O) groups excluding carboxylic acids is 1. The van der Waals surface area contributed by atoms with Crippen LogP contribution in [0.2, 0.25) is 5.02 Å². The van der Waals surface area contributed by atoms with E-state index in [1.807, 2.05) is 0 Å². The van der Waals surface area contributed by atoms with E-state index in [0.717, 1.165) is 42.0 Å². The molecule has 2 aromatic rings. The number of esters is 1. The first-order valence-corrected chi connectivity index (χ1v) is 11.5. The third-order valence-electron chi connectivity index (χ3n) is 4.74. The molecule has 30 heavy (non-hydrogen) atoms. The first-order valence-electron chi connectivity index (χ1n) is 9.35. The molecule has 4 rings (SSSR count). The summed E-state index contributed by atoms with van der Waals surface area (Å²) < 4.78 is 28.1. The molecule has 0 amide bonds. The summed E-state index contributed by atoms with van der Waals surface area (Å²) >= 11 is 8.18. The fourth-order valence-corrected chi connectivity index (χ4v) is 5.15. The second kappa shape index (κ2) is 9.23. The normalized spacial score (nSPS) is 21.6. The standard InChI is InChI=1S/C18H19ClFN3O5S2/c19-10-5-11(20)12(21-17-22-3-1-2-4-23(22)18(26)30-17)6-15(10)29-9-16(25)28-14-8-27-7-13(14)24/h5-6,13-14,24H,1-4,7-9H2/b21-17+. The smallest absolute Gasteiger partial charge is 0.325 e. The Labute approximate surface area is 183 Å². The maximum atomic E-state index is 14.5. The summed E-state index contributed by atoms with van der Waals surface area (Å²) in [6.45, 7) is 1.56. The second-order valence-electron chi connectivity index (χ2n) is 6.87. The van der Waals surface area contributed by atoms with E-state index >= 15 is 0 Å². The number of nitrogens with zero attached hydrogens (tertiary/aromatic N) is 3. The Kier molecular flexibility index (Phi) is 6.63. The summed E-state index contributed by atoms with van der Waals surface area (Å²) in [5.41, 5.74) is 0.0394. The van der Waals surface area contributed by atoms with E-state index < -0.39 is 24.0 Å². The molecule has 0 aliphatic carbocycles. The Morgan fingerprint density at radius 2 is 2.13 bits per heavy atom. The van der Waals surface area contributed by atoms with Crippen LogP contribution in [-0.2, 0) is 27.4 Å². The van der Waals surface area contributed by atoms with Crippen LogP contribution in [0.25, 0.3) is 0 Å². The molecule has 2 atom stereocenters. The first-order chi connectivity index (χ1) is 14.4. The van der Waals surface area contributed by atoms with Crippen LogP contribution in [-0.4, -0.2) is 51.6 Å². The SMILES string of the molecule is O=C(CSc1cc(/N=c2/sc(=O)n3n2CCCC3)c(F)cc1Cl)OC1COCC1O. The zero-order valence-electron chi connectivity index (χ0n) is 15.8. The number of hydrogen-bond acceptors (Lipinski definition) is 8. The number of aliphatic hydroxyl groups excluding tert-OH is 1. The van der Waals surface area contributed by atoms with Gasteiger partial charge in [-0.2, -0.15) is 0 Å². The zero-order chi connectivity index (χ0) is 21.3. The van der Waals surface area contributed by atoms with Crippen molar-refractivity contribution in [2.45, 2.75) is 43.0 Å². The number of fused-ring (bicyclic) bond motifs is 1. The fraction of sp³-hybridized carbons (Fsp3) is 0.500. The second-order valence-corrected chi connectivity index (χ2v) is 9.21. The molecule has 1 saturated heterocycles. The van der Waals surface area contributed by atoms with E-state index in [1.165, 1.54) is 6.07 Å². The van der Waals surface area contributed by atoms with Gasteiger partial charge in [-0.15, -0.1) is 11.8 Å². The quantitative estimate of drug-likeness (QED) is 0.524. The number of rotatable bonds is 5. The molecule has 0 radical (unpaired) electrons. The molecule has 0 saturated carbocycles. The predicted octanol–water partition coefficient (Wildman–Crippen LogP) is 1.93. The summed E-state index contributed by atoms with van der Waals surface area (Å²) in [5.74, 6) is -1.23. The monoisotopic (exact) mass is 475 g/mol. The van der Waals surface area contributed by atoms with Gasteiger partial charge < -0.3 is 14.6 Å². The van der Waals surface area contributed by atoms with E-state index in [9.17, 15) is 19.1 Å². The van der Waals surface area contributed by atoms with E-state index in [2.05, 4.69) is 4.99 Å². The lowest BCUT2D eigenvalue weighted by Gasteiger charge is -2.15. The van der Waals surface area contributed by atoms with Crippen molar-refractivity contribution in [1.29, 1.82) is 0 Å². The highest BCUT2D eigenvalue weighted by atomic mass is 35.5. The minimum atomic E-state index is -0.836. The molecule has 3 heterocycles. The van der Waals surface area contributed by atoms with Gasteiger partial charge in [0.25, 0.3) is 0 Å². The van der Waals surface area contributed by atoms with Crippen molar-refractivity contribution < 1.29 is 23.8 Å². The van der Waals surface area contributed by atoms with Gasteiger partial charge >= 0.3 is 10.8 Å². The van der Waals surface area contributed by atoms with Crippen LogP contribution >= 0.6 is 34.7 Å². The van der Waals surface area contributed by atoms with Crippen LogP contribution in [0.5, 0.6) is 0 Å². The molecule has 162 valence electrons. The maximum absolute atomic E-state index is 14.5.